The van der Waals surface area contributed by atoms with Crippen LogP contribution in [-0.4, -0.2) is 58.6 Å². The first-order valence-corrected chi connectivity index (χ1v) is 6.02. The maximum atomic E-state index is 12.2. The highest BCUT2D eigenvalue weighted by atomic mass is 16.3. The minimum atomic E-state index is -0.220. The molecule has 0 unspecified atom stereocenters. The Balaban J connectivity index is 2.03. The number of hydrogen-bond donors (Lipinski definition) is 2. The van der Waals surface area contributed by atoms with E-state index in [9.17, 15) is 15.0 Å². The molecular weight excluding hydrogens is 246 g/mol. The van der Waals surface area contributed by atoms with Gasteiger partial charge in [-0.25, -0.2) is 0 Å². The van der Waals surface area contributed by atoms with E-state index in [2.05, 4.69) is 6.07 Å². The fraction of sp³-hybridized carbons (Fsp3) is 0.385. The van der Waals surface area contributed by atoms with E-state index in [1.807, 2.05) is 4.90 Å². The molecule has 1 saturated heterocycles. The van der Waals surface area contributed by atoms with Crippen molar-refractivity contribution in [3.63, 3.8) is 0 Å². The van der Waals surface area contributed by atoms with Crippen LogP contribution in [0.3, 0.4) is 0 Å². The number of aromatic hydroxyl groups is 2. The Hall–Kier alpha value is -2.26. The molecule has 1 amide bonds. The highest BCUT2D eigenvalue weighted by Crippen LogP contribution is 2.21. The molecule has 1 aromatic rings. The minimum absolute atomic E-state index is 0.133. The summed E-state index contributed by atoms with van der Waals surface area (Å²) in [5.74, 6) is -0.485. The predicted octanol–water partition coefficient (Wildman–Crippen LogP) is 0.379. The third-order valence-corrected chi connectivity index (χ3v) is 3.10. The number of carbonyl (C=O) groups is 1. The Labute approximate surface area is 111 Å². The van der Waals surface area contributed by atoms with Crippen LogP contribution in [0.25, 0.3) is 0 Å². The lowest BCUT2D eigenvalue weighted by Crippen LogP contribution is -2.48. The van der Waals surface area contributed by atoms with Crippen molar-refractivity contribution in [1.82, 2.24) is 9.80 Å². The molecular formula is C13H15N3O3. The second-order valence-corrected chi connectivity index (χ2v) is 4.46. The van der Waals surface area contributed by atoms with Gasteiger partial charge in [-0.2, -0.15) is 5.26 Å². The van der Waals surface area contributed by atoms with E-state index in [4.69, 9.17) is 5.26 Å². The maximum Gasteiger partial charge on any atom is 0.254 e. The van der Waals surface area contributed by atoms with Crippen molar-refractivity contribution in [1.29, 1.82) is 5.26 Å². The molecule has 0 atom stereocenters. The summed E-state index contributed by atoms with van der Waals surface area (Å²) in [5.41, 5.74) is 0.270. The van der Waals surface area contributed by atoms with Crippen LogP contribution in [0.2, 0.25) is 0 Å². The van der Waals surface area contributed by atoms with E-state index in [0.29, 0.717) is 32.7 Å². The fourth-order valence-corrected chi connectivity index (χ4v) is 2.11. The number of benzene rings is 1. The summed E-state index contributed by atoms with van der Waals surface area (Å²) in [7, 11) is 0. The van der Waals surface area contributed by atoms with Gasteiger partial charge < -0.3 is 15.1 Å². The van der Waals surface area contributed by atoms with Crippen molar-refractivity contribution in [2.45, 2.75) is 0 Å². The highest BCUT2D eigenvalue weighted by molar-refractivity contribution is 5.95. The Morgan fingerprint density at radius 1 is 1.16 bits per heavy atom. The van der Waals surface area contributed by atoms with Gasteiger partial charge in [0, 0.05) is 37.8 Å². The number of amides is 1. The average Bonchev–Trinajstić information content (AvgIpc) is 2.38. The van der Waals surface area contributed by atoms with Crippen LogP contribution in [0.15, 0.2) is 18.2 Å². The van der Waals surface area contributed by atoms with Gasteiger partial charge in [0.2, 0.25) is 0 Å². The van der Waals surface area contributed by atoms with Crippen LogP contribution >= 0.6 is 0 Å². The number of hydrogen-bond acceptors (Lipinski definition) is 5. The van der Waals surface area contributed by atoms with Crippen molar-refractivity contribution in [3.05, 3.63) is 23.8 Å². The summed E-state index contributed by atoms with van der Waals surface area (Å²) in [6.45, 7) is 2.76. The van der Waals surface area contributed by atoms with Crippen LogP contribution in [-0.2, 0) is 0 Å². The topological polar surface area (TPSA) is 87.8 Å². The van der Waals surface area contributed by atoms with Crippen molar-refractivity contribution in [2.24, 2.45) is 0 Å². The van der Waals surface area contributed by atoms with E-state index < -0.39 is 0 Å². The summed E-state index contributed by atoms with van der Waals surface area (Å²) in [4.78, 5) is 15.8. The molecule has 1 aliphatic heterocycles. The van der Waals surface area contributed by atoms with Crippen LogP contribution < -0.4 is 0 Å². The molecule has 6 heteroatoms. The molecule has 1 aliphatic rings. The second-order valence-electron chi connectivity index (χ2n) is 4.46. The summed E-state index contributed by atoms with van der Waals surface area (Å²) in [6.07, 6.45) is 0. The molecule has 0 radical (unpaired) electrons. The number of phenolic OH excluding ortho intramolecular Hbond substituents is 2. The van der Waals surface area contributed by atoms with Crippen molar-refractivity contribution < 1.29 is 15.0 Å². The van der Waals surface area contributed by atoms with Crippen molar-refractivity contribution in [2.75, 3.05) is 32.7 Å². The quantitative estimate of drug-likeness (QED) is 0.751. The molecule has 2 rings (SSSR count). The molecule has 1 fully saturated rings. The molecule has 0 saturated carbocycles. The van der Waals surface area contributed by atoms with E-state index in [1.54, 1.807) is 4.90 Å². The van der Waals surface area contributed by atoms with Gasteiger partial charge in [-0.1, -0.05) is 0 Å². The largest absolute Gasteiger partial charge is 0.508 e. The zero-order chi connectivity index (χ0) is 13.8. The SMILES string of the molecule is N#CCN1CCN(C(=O)c2cc(O)cc(O)c2)CC1. The number of nitriles is 1. The standard InChI is InChI=1S/C13H15N3O3/c14-1-2-15-3-5-16(6-4-15)13(19)10-7-11(17)9-12(18)8-10/h7-9,17-18H,2-6H2. The normalized spacial score (nSPS) is 16.1. The van der Waals surface area contributed by atoms with Gasteiger partial charge in [-0.3, -0.25) is 9.69 Å². The molecule has 0 aliphatic carbocycles. The Morgan fingerprint density at radius 3 is 2.26 bits per heavy atom. The van der Waals surface area contributed by atoms with Gasteiger partial charge in [0.15, 0.2) is 0 Å². The molecule has 1 heterocycles. The second kappa shape index (κ2) is 5.59. The lowest BCUT2D eigenvalue weighted by Gasteiger charge is -2.33. The Bertz CT molecular complexity index is 496. The van der Waals surface area contributed by atoms with E-state index >= 15 is 0 Å². The van der Waals surface area contributed by atoms with Crippen molar-refractivity contribution >= 4 is 5.91 Å². The summed E-state index contributed by atoms with van der Waals surface area (Å²) in [6, 6.07) is 5.94. The van der Waals surface area contributed by atoms with Gasteiger partial charge in [0.25, 0.3) is 5.91 Å². The molecule has 0 bridgehead atoms. The molecule has 100 valence electrons. The monoisotopic (exact) mass is 261 g/mol. The molecule has 0 aromatic heterocycles. The molecule has 1 aromatic carbocycles. The fourth-order valence-electron chi connectivity index (χ4n) is 2.11. The number of phenols is 2. The average molecular weight is 261 g/mol. The third-order valence-electron chi connectivity index (χ3n) is 3.10. The maximum absolute atomic E-state index is 12.2. The van der Waals surface area contributed by atoms with E-state index in [-0.39, 0.29) is 23.0 Å². The van der Waals surface area contributed by atoms with Crippen LogP contribution in [0.1, 0.15) is 10.4 Å². The van der Waals surface area contributed by atoms with Gasteiger partial charge in [0.05, 0.1) is 12.6 Å². The van der Waals surface area contributed by atoms with E-state index in [0.717, 1.165) is 0 Å². The zero-order valence-corrected chi connectivity index (χ0v) is 10.4. The van der Waals surface area contributed by atoms with Gasteiger partial charge in [0.1, 0.15) is 11.5 Å². The third kappa shape index (κ3) is 3.14. The molecule has 0 spiro atoms. The first-order chi connectivity index (χ1) is 9.10. The summed E-state index contributed by atoms with van der Waals surface area (Å²) in [5, 5.41) is 27.4. The summed E-state index contributed by atoms with van der Waals surface area (Å²) < 4.78 is 0. The highest BCUT2D eigenvalue weighted by Gasteiger charge is 2.22. The van der Waals surface area contributed by atoms with Crippen molar-refractivity contribution in [3.8, 4) is 17.6 Å². The van der Waals surface area contributed by atoms with Crippen LogP contribution in [0.5, 0.6) is 11.5 Å². The number of rotatable bonds is 2. The van der Waals surface area contributed by atoms with Gasteiger partial charge >= 0.3 is 0 Å². The summed E-state index contributed by atoms with van der Waals surface area (Å²) >= 11 is 0. The van der Waals surface area contributed by atoms with E-state index in [1.165, 1.54) is 18.2 Å². The van der Waals surface area contributed by atoms with Crippen LogP contribution in [0, 0.1) is 11.3 Å². The molecule has 2 N–H and O–H groups in total. The lowest BCUT2D eigenvalue weighted by molar-refractivity contribution is 0.0651. The molecule has 19 heavy (non-hydrogen) atoms. The lowest BCUT2D eigenvalue weighted by atomic mass is 10.1. The number of carbonyl (C=O) groups excluding carboxylic acids is 1. The smallest absolute Gasteiger partial charge is 0.254 e. The predicted molar refractivity (Wildman–Crippen MR) is 67.7 cm³/mol. The van der Waals surface area contributed by atoms with Gasteiger partial charge in [-0.05, 0) is 12.1 Å². The van der Waals surface area contributed by atoms with Crippen LogP contribution in [0.4, 0.5) is 0 Å². The Kier molecular flexibility index (Phi) is 3.88. The first kappa shape index (κ1) is 13.2. The number of nitrogens with zero attached hydrogens (tertiary/aromatic N) is 3. The first-order valence-electron chi connectivity index (χ1n) is 6.02. The van der Waals surface area contributed by atoms with Gasteiger partial charge in [-0.15, -0.1) is 0 Å². The number of piperazine rings is 1. The minimum Gasteiger partial charge on any atom is -0.508 e. The Morgan fingerprint density at radius 2 is 1.74 bits per heavy atom. The molecule has 6 nitrogen and oxygen atoms in total. The zero-order valence-electron chi connectivity index (χ0n) is 10.4.